The van der Waals surface area contributed by atoms with E-state index in [0.717, 1.165) is 16.6 Å². The first kappa shape index (κ1) is 14.0. The van der Waals surface area contributed by atoms with Gasteiger partial charge in [-0.25, -0.2) is 4.39 Å². The molecule has 0 spiro atoms. The zero-order valence-electron chi connectivity index (χ0n) is 10.7. The van der Waals surface area contributed by atoms with Gasteiger partial charge in [0.25, 0.3) is 0 Å². The first-order valence-electron chi connectivity index (χ1n) is 6.51. The molecule has 1 saturated heterocycles. The van der Waals surface area contributed by atoms with Gasteiger partial charge in [0.2, 0.25) is 0 Å². The highest BCUT2D eigenvalue weighted by Crippen LogP contribution is 2.27. The van der Waals surface area contributed by atoms with Crippen LogP contribution in [0.3, 0.4) is 0 Å². The van der Waals surface area contributed by atoms with Crippen molar-refractivity contribution in [3.05, 3.63) is 34.1 Å². The Morgan fingerprint density at radius 1 is 1.44 bits per heavy atom. The second kappa shape index (κ2) is 6.13. The number of halogens is 2. The van der Waals surface area contributed by atoms with Gasteiger partial charge < -0.3 is 5.73 Å². The van der Waals surface area contributed by atoms with Gasteiger partial charge in [-0.2, -0.15) is 0 Å². The lowest BCUT2D eigenvalue weighted by atomic mass is 9.95. The minimum Gasteiger partial charge on any atom is -0.329 e. The molecule has 1 fully saturated rings. The van der Waals surface area contributed by atoms with Crippen molar-refractivity contribution in [1.82, 2.24) is 4.90 Å². The van der Waals surface area contributed by atoms with Gasteiger partial charge in [0.05, 0.1) is 0 Å². The Kier molecular flexibility index (Phi) is 4.76. The number of nitrogens with two attached hydrogens (primary N) is 1. The van der Waals surface area contributed by atoms with Crippen molar-refractivity contribution in [1.29, 1.82) is 0 Å². The maximum atomic E-state index is 13.1. The molecule has 2 unspecified atom stereocenters. The summed E-state index contributed by atoms with van der Waals surface area (Å²) in [6.07, 6.45) is 3.64. The molecule has 0 saturated carbocycles. The first-order valence-corrected chi connectivity index (χ1v) is 7.31. The molecular weight excluding hydrogens is 295 g/mol. The van der Waals surface area contributed by atoms with Crippen molar-refractivity contribution in [2.45, 2.75) is 44.8 Å². The Balaban J connectivity index is 2.15. The van der Waals surface area contributed by atoms with E-state index in [1.54, 1.807) is 0 Å². The topological polar surface area (TPSA) is 29.3 Å². The summed E-state index contributed by atoms with van der Waals surface area (Å²) in [5.41, 5.74) is 6.99. The highest BCUT2D eigenvalue weighted by molar-refractivity contribution is 9.10. The molecule has 2 N–H and O–H groups in total. The highest BCUT2D eigenvalue weighted by Gasteiger charge is 2.27. The van der Waals surface area contributed by atoms with Crippen molar-refractivity contribution >= 4 is 15.9 Å². The molecule has 1 aromatic carbocycles. The molecule has 2 rings (SSSR count). The number of likely N-dealkylation sites (tertiary alicyclic amines) is 1. The van der Waals surface area contributed by atoms with Crippen LogP contribution >= 0.6 is 15.9 Å². The van der Waals surface area contributed by atoms with Gasteiger partial charge in [-0.3, -0.25) is 4.90 Å². The van der Waals surface area contributed by atoms with Gasteiger partial charge in [0.15, 0.2) is 0 Å². The molecule has 0 radical (unpaired) electrons. The predicted molar refractivity (Wildman–Crippen MR) is 75.8 cm³/mol. The second-order valence-corrected chi connectivity index (χ2v) is 5.93. The Morgan fingerprint density at radius 3 is 2.89 bits per heavy atom. The Hall–Kier alpha value is -0.450. The van der Waals surface area contributed by atoms with E-state index in [1.807, 2.05) is 6.07 Å². The normalized spacial score (nSPS) is 25.3. The standard InChI is InChI=1S/C14H20BrFN2/c1-10-3-2-4-13(8-17)18(10)9-11-5-6-12(16)7-14(11)15/h5-7,10,13H,2-4,8-9,17H2,1H3. The van der Waals surface area contributed by atoms with Crippen molar-refractivity contribution < 1.29 is 4.39 Å². The number of hydrogen-bond donors (Lipinski definition) is 1. The number of benzene rings is 1. The third kappa shape index (κ3) is 3.11. The summed E-state index contributed by atoms with van der Waals surface area (Å²) < 4.78 is 13.9. The molecule has 1 aromatic rings. The predicted octanol–water partition coefficient (Wildman–Crippen LogP) is 3.29. The van der Waals surface area contributed by atoms with E-state index in [2.05, 4.69) is 27.8 Å². The minimum atomic E-state index is -0.201. The fourth-order valence-electron chi connectivity index (χ4n) is 2.73. The first-order chi connectivity index (χ1) is 8.61. The monoisotopic (exact) mass is 314 g/mol. The van der Waals surface area contributed by atoms with E-state index in [1.165, 1.54) is 31.4 Å². The van der Waals surface area contributed by atoms with E-state index in [-0.39, 0.29) is 5.82 Å². The zero-order chi connectivity index (χ0) is 13.1. The van der Waals surface area contributed by atoms with Crippen LogP contribution < -0.4 is 5.73 Å². The molecule has 0 bridgehead atoms. The van der Waals surface area contributed by atoms with E-state index in [0.29, 0.717) is 18.6 Å². The number of piperidine rings is 1. The summed E-state index contributed by atoms with van der Waals surface area (Å²) in [5.74, 6) is -0.201. The molecule has 2 nitrogen and oxygen atoms in total. The number of nitrogens with zero attached hydrogens (tertiary/aromatic N) is 1. The van der Waals surface area contributed by atoms with Crippen molar-refractivity contribution in [2.24, 2.45) is 5.73 Å². The van der Waals surface area contributed by atoms with Gasteiger partial charge in [-0.1, -0.05) is 28.4 Å². The summed E-state index contributed by atoms with van der Waals surface area (Å²) in [6, 6.07) is 5.90. The number of rotatable bonds is 3. The summed E-state index contributed by atoms with van der Waals surface area (Å²) in [6.45, 7) is 3.78. The van der Waals surface area contributed by atoms with Gasteiger partial charge >= 0.3 is 0 Å². The lowest BCUT2D eigenvalue weighted by molar-refractivity contribution is 0.0890. The van der Waals surface area contributed by atoms with Crippen LogP contribution in [0, 0.1) is 5.82 Å². The SMILES string of the molecule is CC1CCCC(CN)N1Cc1ccc(F)cc1Br. The molecule has 18 heavy (non-hydrogen) atoms. The van der Waals surface area contributed by atoms with Crippen LogP contribution in [0.15, 0.2) is 22.7 Å². The maximum Gasteiger partial charge on any atom is 0.124 e. The fourth-order valence-corrected chi connectivity index (χ4v) is 3.20. The van der Waals surface area contributed by atoms with Crippen LogP contribution in [0.4, 0.5) is 4.39 Å². The number of hydrogen-bond acceptors (Lipinski definition) is 2. The molecule has 0 aromatic heterocycles. The molecule has 1 aliphatic rings. The fraction of sp³-hybridized carbons (Fsp3) is 0.571. The van der Waals surface area contributed by atoms with Crippen molar-refractivity contribution in [2.75, 3.05) is 6.54 Å². The molecular formula is C14H20BrFN2. The van der Waals surface area contributed by atoms with Crippen LogP contribution in [0.25, 0.3) is 0 Å². The molecule has 1 heterocycles. The summed E-state index contributed by atoms with van der Waals surface area (Å²) >= 11 is 3.44. The maximum absolute atomic E-state index is 13.1. The molecule has 1 aliphatic heterocycles. The van der Waals surface area contributed by atoms with Crippen LogP contribution in [-0.4, -0.2) is 23.5 Å². The van der Waals surface area contributed by atoms with Crippen LogP contribution in [0.5, 0.6) is 0 Å². The second-order valence-electron chi connectivity index (χ2n) is 5.08. The highest BCUT2D eigenvalue weighted by atomic mass is 79.9. The molecule has 2 atom stereocenters. The van der Waals surface area contributed by atoms with Crippen LogP contribution in [0.1, 0.15) is 31.7 Å². The van der Waals surface area contributed by atoms with Gasteiger partial charge in [-0.05, 0) is 37.5 Å². The largest absolute Gasteiger partial charge is 0.329 e. The van der Waals surface area contributed by atoms with E-state index in [4.69, 9.17) is 5.73 Å². The van der Waals surface area contributed by atoms with E-state index in [9.17, 15) is 4.39 Å². The summed E-state index contributed by atoms with van der Waals surface area (Å²) in [5, 5.41) is 0. The van der Waals surface area contributed by atoms with Crippen molar-refractivity contribution in [3.8, 4) is 0 Å². The Labute approximate surface area is 116 Å². The van der Waals surface area contributed by atoms with E-state index >= 15 is 0 Å². The third-order valence-electron chi connectivity index (χ3n) is 3.83. The Morgan fingerprint density at radius 2 is 2.22 bits per heavy atom. The smallest absolute Gasteiger partial charge is 0.124 e. The zero-order valence-corrected chi connectivity index (χ0v) is 12.3. The average molecular weight is 315 g/mol. The summed E-state index contributed by atoms with van der Waals surface area (Å²) in [7, 11) is 0. The minimum absolute atomic E-state index is 0.201. The molecule has 100 valence electrons. The Bertz CT molecular complexity index is 411. The molecule has 0 amide bonds. The van der Waals surface area contributed by atoms with Crippen LogP contribution in [-0.2, 0) is 6.54 Å². The van der Waals surface area contributed by atoms with Gasteiger partial charge in [0, 0.05) is 29.6 Å². The average Bonchev–Trinajstić information content (AvgIpc) is 2.34. The summed E-state index contributed by atoms with van der Waals surface area (Å²) in [4.78, 5) is 2.45. The van der Waals surface area contributed by atoms with Gasteiger partial charge in [-0.15, -0.1) is 0 Å². The lowest BCUT2D eigenvalue weighted by Gasteiger charge is -2.40. The molecule has 4 heteroatoms. The van der Waals surface area contributed by atoms with Crippen LogP contribution in [0.2, 0.25) is 0 Å². The quantitative estimate of drug-likeness (QED) is 0.927. The van der Waals surface area contributed by atoms with Gasteiger partial charge in [0.1, 0.15) is 5.82 Å². The third-order valence-corrected chi connectivity index (χ3v) is 4.57. The van der Waals surface area contributed by atoms with Crippen molar-refractivity contribution in [3.63, 3.8) is 0 Å². The van der Waals surface area contributed by atoms with E-state index < -0.39 is 0 Å². The molecule has 0 aliphatic carbocycles. The lowest BCUT2D eigenvalue weighted by Crippen LogP contribution is -2.48.